The molecule has 1 N–H and O–H groups in total. The van der Waals surface area contributed by atoms with E-state index in [1.54, 1.807) is 30.3 Å². The van der Waals surface area contributed by atoms with Crippen LogP contribution in [-0.4, -0.2) is 50.3 Å². The van der Waals surface area contributed by atoms with Gasteiger partial charge < -0.3 is 4.74 Å². The number of anilines is 1. The van der Waals surface area contributed by atoms with Crippen molar-refractivity contribution in [3.05, 3.63) is 60.2 Å². The van der Waals surface area contributed by atoms with Crippen molar-refractivity contribution >= 4 is 39.5 Å². The molecule has 2 heterocycles. The summed E-state index contributed by atoms with van der Waals surface area (Å²) in [4.78, 5) is 49.4. The first kappa shape index (κ1) is 21.7. The summed E-state index contributed by atoms with van der Waals surface area (Å²) in [5, 5.41) is 0. The number of cyclic esters (lactones) is 1. The number of benzene rings is 2. The molecule has 0 saturated carbocycles. The van der Waals surface area contributed by atoms with Crippen LogP contribution in [0, 0.1) is 0 Å². The van der Waals surface area contributed by atoms with Crippen LogP contribution in [0.2, 0.25) is 0 Å². The summed E-state index contributed by atoms with van der Waals surface area (Å²) < 4.78 is 33.3. The molecule has 2 saturated heterocycles. The van der Waals surface area contributed by atoms with Crippen LogP contribution in [0.3, 0.4) is 0 Å². The molecule has 2 aromatic rings. The van der Waals surface area contributed by atoms with Crippen LogP contribution in [0.15, 0.2) is 59.5 Å². The first-order valence-electron chi connectivity index (χ1n) is 9.76. The average Bonchev–Trinajstić information content (AvgIpc) is 3.29. The molecule has 0 spiro atoms. The molecule has 2 aliphatic heterocycles. The van der Waals surface area contributed by atoms with Crippen LogP contribution in [-0.2, 0) is 29.1 Å². The predicted molar refractivity (Wildman–Crippen MR) is 111 cm³/mol. The fraction of sp³-hybridized carbons (Fsp3) is 0.238. The molecular weight excluding hydrogens is 438 g/mol. The van der Waals surface area contributed by atoms with E-state index in [4.69, 9.17) is 4.74 Å². The summed E-state index contributed by atoms with van der Waals surface area (Å²) >= 11 is 0. The van der Waals surface area contributed by atoms with Crippen molar-refractivity contribution < 1.29 is 32.3 Å². The average molecular weight is 457 g/mol. The van der Waals surface area contributed by atoms with Crippen molar-refractivity contribution in [1.82, 2.24) is 9.62 Å². The number of sulfonamides is 1. The minimum absolute atomic E-state index is 0.100. The molecule has 1 atom stereocenters. The first-order valence-corrected chi connectivity index (χ1v) is 11.2. The number of ether oxygens (including phenoxy) is 1. The molecular formula is C21H19N3O7S. The van der Waals surface area contributed by atoms with Gasteiger partial charge in [-0.2, -0.15) is 0 Å². The molecule has 0 radical (unpaired) electrons. The van der Waals surface area contributed by atoms with E-state index < -0.39 is 28.1 Å². The number of nitrogens with one attached hydrogen (secondary N) is 1. The molecule has 166 valence electrons. The number of nitrogens with zero attached hydrogens (tertiary/aromatic N) is 2. The van der Waals surface area contributed by atoms with Crippen molar-refractivity contribution in [1.29, 1.82) is 0 Å². The van der Waals surface area contributed by atoms with E-state index in [-0.39, 0.29) is 42.7 Å². The second-order valence-corrected chi connectivity index (χ2v) is 8.97. The zero-order valence-corrected chi connectivity index (χ0v) is 17.6. The Bertz CT molecular complexity index is 1150. The van der Waals surface area contributed by atoms with Crippen molar-refractivity contribution in [2.24, 2.45) is 0 Å². The van der Waals surface area contributed by atoms with Gasteiger partial charge in [-0.05, 0) is 29.8 Å². The Balaban J connectivity index is 1.58. The minimum Gasteiger partial charge on any atom is -0.439 e. The Morgan fingerprint density at radius 2 is 1.50 bits per heavy atom. The molecule has 2 aliphatic rings. The third-order valence-corrected chi connectivity index (χ3v) is 6.65. The molecule has 32 heavy (non-hydrogen) atoms. The highest BCUT2D eigenvalue weighted by Crippen LogP contribution is 2.25. The van der Waals surface area contributed by atoms with Crippen LogP contribution in [0.1, 0.15) is 24.4 Å². The van der Waals surface area contributed by atoms with Gasteiger partial charge in [0.05, 0.1) is 23.2 Å². The van der Waals surface area contributed by atoms with Gasteiger partial charge in [-0.1, -0.05) is 30.3 Å². The Hall–Kier alpha value is -3.57. The van der Waals surface area contributed by atoms with E-state index >= 15 is 0 Å². The van der Waals surface area contributed by atoms with E-state index in [1.165, 1.54) is 24.3 Å². The van der Waals surface area contributed by atoms with Gasteiger partial charge in [0, 0.05) is 12.8 Å². The molecule has 1 unspecified atom stereocenters. The number of carbonyl (C=O) groups is 4. The summed E-state index contributed by atoms with van der Waals surface area (Å²) in [6.45, 7) is -0.627. The highest BCUT2D eigenvalue weighted by atomic mass is 32.2. The lowest BCUT2D eigenvalue weighted by Gasteiger charge is -2.23. The van der Waals surface area contributed by atoms with Crippen LogP contribution < -0.4 is 9.62 Å². The number of hydrogen-bond donors (Lipinski definition) is 1. The van der Waals surface area contributed by atoms with Crippen molar-refractivity contribution in [2.75, 3.05) is 18.1 Å². The fourth-order valence-corrected chi connectivity index (χ4v) is 4.75. The molecule has 0 bridgehead atoms. The van der Waals surface area contributed by atoms with Gasteiger partial charge in [0.15, 0.2) is 6.61 Å². The Morgan fingerprint density at radius 1 is 0.875 bits per heavy atom. The standard InChI is InChI=1S/C21H19N3O7S/c25-18-10-11-19(26)24(18)15-6-8-16(9-7-15)32(29,30)22-17(14-4-2-1-3-5-14)12-23-20(27)13-31-21(23)28/h1-9,17,22H,10-13H2. The number of imide groups is 2. The summed E-state index contributed by atoms with van der Waals surface area (Å²) in [5.74, 6) is -1.23. The van der Waals surface area contributed by atoms with E-state index in [1.807, 2.05) is 0 Å². The quantitative estimate of drug-likeness (QED) is 0.621. The molecule has 11 heteroatoms. The summed E-state index contributed by atoms with van der Waals surface area (Å²) in [6, 6.07) is 12.9. The first-order chi connectivity index (χ1) is 15.3. The summed E-state index contributed by atoms with van der Waals surface area (Å²) in [5.41, 5.74) is 0.843. The Labute approximate surface area is 183 Å². The lowest BCUT2D eigenvalue weighted by atomic mass is 10.1. The second kappa shape index (κ2) is 8.52. The van der Waals surface area contributed by atoms with E-state index in [2.05, 4.69) is 4.72 Å². The predicted octanol–water partition coefficient (Wildman–Crippen LogP) is 1.34. The molecule has 10 nitrogen and oxygen atoms in total. The highest BCUT2D eigenvalue weighted by molar-refractivity contribution is 7.89. The number of hydrogen-bond acceptors (Lipinski definition) is 7. The fourth-order valence-electron chi connectivity index (χ4n) is 3.53. The van der Waals surface area contributed by atoms with Gasteiger partial charge in [-0.3, -0.25) is 19.3 Å². The zero-order chi connectivity index (χ0) is 22.9. The maximum absolute atomic E-state index is 13.0. The van der Waals surface area contributed by atoms with Gasteiger partial charge in [-0.25, -0.2) is 22.8 Å². The zero-order valence-electron chi connectivity index (χ0n) is 16.8. The normalized spacial score (nSPS) is 17.8. The highest BCUT2D eigenvalue weighted by Gasteiger charge is 2.35. The van der Waals surface area contributed by atoms with Crippen molar-refractivity contribution in [3.8, 4) is 0 Å². The number of carbonyl (C=O) groups excluding carboxylic acids is 4. The van der Waals surface area contributed by atoms with Crippen molar-refractivity contribution in [3.63, 3.8) is 0 Å². The summed E-state index contributed by atoms with van der Waals surface area (Å²) in [6.07, 6.45) is -0.590. The molecule has 4 amide bonds. The minimum atomic E-state index is -4.08. The van der Waals surface area contributed by atoms with Crippen LogP contribution >= 0.6 is 0 Å². The molecule has 2 aromatic carbocycles. The molecule has 4 rings (SSSR count). The Morgan fingerprint density at radius 3 is 2.06 bits per heavy atom. The lowest BCUT2D eigenvalue weighted by molar-refractivity contribution is -0.126. The van der Waals surface area contributed by atoms with Gasteiger partial charge in [0.25, 0.3) is 5.91 Å². The monoisotopic (exact) mass is 457 g/mol. The van der Waals surface area contributed by atoms with Gasteiger partial charge in [0.1, 0.15) is 0 Å². The van der Waals surface area contributed by atoms with Crippen LogP contribution in [0.4, 0.5) is 10.5 Å². The Kier molecular flexibility index (Phi) is 5.76. The van der Waals surface area contributed by atoms with Crippen LogP contribution in [0.5, 0.6) is 0 Å². The largest absolute Gasteiger partial charge is 0.439 e. The van der Waals surface area contributed by atoms with Gasteiger partial charge in [0.2, 0.25) is 21.8 Å². The topological polar surface area (TPSA) is 130 Å². The number of amides is 4. The molecule has 2 fully saturated rings. The van der Waals surface area contributed by atoms with E-state index in [9.17, 15) is 27.6 Å². The van der Waals surface area contributed by atoms with Gasteiger partial charge in [-0.15, -0.1) is 0 Å². The van der Waals surface area contributed by atoms with Crippen LogP contribution in [0.25, 0.3) is 0 Å². The van der Waals surface area contributed by atoms with E-state index in [0.717, 1.165) is 9.80 Å². The van der Waals surface area contributed by atoms with E-state index in [0.29, 0.717) is 11.3 Å². The summed E-state index contributed by atoms with van der Waals surface area (Å²) in [7, 11) is -4.08. The maximum atomic E-state index is 13.0. The number of rotatable bonds is 7. The van der Waals surface area contributed by atoms with Gasteiger partial charge >= 0.3 is 6.09 Å². The molecule has 0 aromatic heterocycles. The van der Waals surface area contributed by atoms with Crippen molar-refractivity contribution in [2.45, 2.75) is 23.8 Å². The second-order valence-electron chi connectivity index (χ2n) is 7.26. The SMILES string of the molecule is O=C1COC(=O)N1CC(NS(=O)(=O)c1ccc(N2C(=O)CCC2=O)cc1)c1ccccc1. The third kappa shape index (κ3) is 4.25. The lowest BCUT2D eigenvalue weighted by Crippen LogP contribution is -2.40. The maximum Gasteiger partial charge on any atom is 0.417 e. The molecule has 0 aliphatic carbocycles. The third-order valence-electron chi connectivity index (χ3n) is 5.16. The smallest absolute Gasteiger partial charge is 0.417 e.